The van der Waals surface area contributed by atoms with Crippen LogP contribution in [0.2, 0.25) is 0 Å². The summed E-state index contributed by atoms with van der Waals surface area (Å²) >= 11 is 0. The molecule has 1 rings (SSSR count). The summed E-state index contributed by atoms with van der Waals surface area (Å²) in [5, 5.41) is 13.7. The monoisotopic (exact) mass is 223 g/mol. The highest BCUT2D eigenvalue weighted by Gasteiger charge is 2.25. The number of methoxy groups -OCH3 is 1. The summed E-state index contributed by atoms with van der Waals surface area (Å²) < 4.78 is 4.95. The summed E-state index contributed by atoms with van der Waals surface area (Å²) in [5.74, 6) is 0. The maximum atomic E-state index is 10.5. The van der Waals surface area contributed by atoms with E-state index in [1.54, 1.807) is 7.11 Å². The molecule has 0 heterocycles. The minimum atomic E-state index is -0.783. The number of ether oxygens (including phenoxy) is 1. The van der Waals surface area contributed by atoms with E-state index in [0.29, 0.717) is 19.6 Å². The number of benzene rings is 1. The second kappa shape index (κ2) is 6.63. The van der Waals surface area contributed by atoms with Gasteiger partial charge in [0.2, 0.25) is 0 Å². The number of nitrogens with one attached hydrogen (secondary N) is 1. The molecule has 0 aliphatic carbocycles. The number of rotatable bonds is 7. The van der Waals surface area contributed by atoms with Crippen molar-refractivity contribution in [2.24, 2.45) is 0 Å². The fourth-order valence-corrected chi connectivity index (χ4v) is 1.65. The van der Waals surface area contributed by atoms with Crippen molar-refractivity contribution in [1.82, 2.24) is 5.32 Å². The van der Waals surface area contributed by atoms with Gasteiger partial charge in [0.25, 0.3) is 0 Å². The molecule has 90 valence electrons. The van der Waals surface area contributed by atoms with E-state index in [4.69, 9.17) is 4.74 Å². The maximum Gasteiger partial charge on any atom is 0.102 e. The van der Waals surface area contributed by atoms with Gasteiger partial charge in [-0.1, -0.05) is 37.3 Å². The zero-order chi connectivity index (χ0) is 11.9. The van der Waals surface area contributed by atoms with Crippen LogP contribution >= 0.6 is 0 Å². The second-order valence-electron chi connectivity index (χ2n) is 3.92. The van der Waals surface area contributed by atoms with Crippen LogP contribution in [0.25, 0.3) is 0 Å². The smallest absolute Gasteiger partial charge is 0.102 e. The highest BCUT2D eigenvalue weighted by atomic mass is 16.5. The summed E-state index contributed by atoms with van der Waals surface area (Å²) in [6.45, 7) is 3.96. The first-order valence-corrected chi connectivity index (χ1v) is 5.70. The molecule has 0 saturated carbocycles. The van der Waals surface area contributed by atoms with Crippen LogP contribution in [-0.4, -0.2) is 31.9 Å². The molecule has 0 fully saturated rings. The second-order valence-corrected chi connectivity index (χ2v) is 3.92. The first kappa shape index (κ1) is 13.2. The molecule has 0 bridgehead atoms. The van der Waals surface area contributed by atoms with Gasteiger partial charge in [-0.2, -0.15) is 0 Å². The van der Waals surface area contributed by atoms with Gasteiger partial charge in [-0.05, 0) is 12.0 Å². The standard InChI is InChI=1S/C13H21NO2/c1-3-13(15,11-14-9-10-16-2)12-7-5-4-6-8-12/h4-8,14-15H,3,9-11H2,1-2H3. The molecule has 0 aliphatic heterocycles. The molecule has 0 radical (unpaired) electrons. The molecule has 16 heavy (non-hydrogen) atoms. The summed E-state index contributed by atoms with van der Waals surface area (Å²) in [4.78, 5) is 0. The quantitative estimate of drug-likeness (QED) is 0.689. The minimum absolute atomic E-state index is 0.552. The van der Waals surface area contributed by atoms with Gasteiger partial charge in [-0.15, -0.1) is 0 Å². The van der Waals surface area contributed by atoms with E-state index in [1.807, 2.05) is 37.3 Å². The van der Waals surface area contributed by atoms with Gasteiger partial charge in [0.05, 0.1) is 6.61 Å². The zero-order valence-electron chi connectivity index (χ0n) is 10.1. The van der Waals surface area contributed by atoms with Crippen LogP contribution in [0.5, 0.6) is 0 Å². The lowest BCUT2D eigenvalue weighted by molar-refractivity contribution is 0.0312. The first-order valence-electron chi connectivity index (χ1n) is 5.70. The van der Waals surface area contributed by atoms with E-state index < -0.39 is 5.60 Å². The van der Waals surface area contributed by atoms with Gasteiger partial charge in [0.15, 0.2) is 0 Å². The molecule has 1 atom stereocenters. The van der Waals surface area contributed by atoms with Gasteiger partial charge in [0.1, 0.15) is 5.60 Å². The van der Waals surface area contributed by atoms with Crippen LogP contribution in [-0.2, 0) is 10.3 Å². The predicted molar refractivity (Wildman–Crippen MR) is 65.4 cm³/mol. The van der Waals surface area contributed by atoms with Gasteiger partial charge < -0.3 is 15.2 Å². The van der Waals surface area contributed by atoms with Crippen LogP contribution in [0.15, 0.2) is 30.3 Å². The molecule has 1 aromatic rings. The molecule has 1 aromatic carbocycles. The molecule has 0 aliphatic rings. The topological polar surface area (TPSA) is 41.5 Å². The maximum absolute atomic E-state index is 10.5. The number of aliphatic hydroxyl groups is 1. The Morgan fingerprint density at radius 3 is 2.56 bits per heavy atom. The van der Waals surface area contributed by atoms with Gasteiger partial charge in [0, 0.05) is 20.2 Å². The number of hydrogen-bond acceptors (Lipinski definition) is 3. The molecule has 3 nitrogen and oxygen atoms in total. The third kappa shape index (κ3) is 3.59. The Balaban J connectivity index is 2.56. The molecule has 0 saturated heterocycles. The molecular weight excluding hydrogens is 202 g/mol. The largest absolute Gasteiger partial charge is 0.384 e. The molecule has 2 N–H and O–H groups in total. The van der Waals surface area contributed by atoms with Crippen molar-refractivity contribution in [2.45, 2.75) is 18.9 Å². The number of hydrogen-bond donors (Lipinski definition) is 2. The average Bonchev–Trinajstić information content (AvgIpc) is 2.35. The normalized spacial score (nSPS) is 14.7. The lowest BCUT2D eigenvalue weighted by Crippen LogP contribution is -2.38. The van der Waals surface area contributed by atoms with E-state index in [9.17, 15) is 5.11 Å². The summed E-state index contributed by atoms with van der Waals surface area (Å²) in [7, 11) is 1.67. The van der Waals surface area contributed by atoms with E-state index in [-0.39, 0.29) is 0 Å². The molecular formula is C13H21NO2. The van der Waals surface area contributed by atoms with Gasteiger partial charge >= 0.3 is 0 Å². The minimum Gasteiger partial charge on any atom is -0.384 e. The Kier molecular flexibility index (Phi) is 5.46. The Morgan fingerprint density at radius 2 is 2.00 bits per heavy atom. The predicted octanol–water partition coefficient (Wildman–Crippen LogP) is 1.52. The summed E-state index contributed by atoms with van der Waals surface area (Å²) in [6, 6.07) is 9.77. The lowest BCUT2D eigenvalue weighted by atomic mass is 9.91. The molecule has 0 aromatic heterocycles. The van der Waals surface area contributed by atoms with E-state index in [0.717, 1.165) is 12.1 Å². The molecule has 1 unspecified atom stereocenters. The first-order chi connectivity index (χ1) is 7.73. The van der Waals surface area contributed by atoms with Gasteiger partial charge in [-0.25, -0.2) is 0 Å². The summed E-state index contributed by atoms with van der Waals surface area (Å²) in [5.41, 5.74) is 0.178. The van der Waals surface area contributed by atoms with Crippen LogP contribution in [0.3, 0.4) is 0 Å². The highest BCUT2D eigenvalue weighted by molar-refractivity contribution is 5.22. The Hall–Kier alpha value is -0.900. The van der Waals surface area contributed by atoms with E-state index >= 15 is 0 Å². The molecule has 3 heteroatoms. The van der Waals surface area contributed by atoms with Crippen molar-refractivity contribution in [2.75, 3.05) is 26.8 Å². The fraction of sp³-hybridized carbons (Fsp3) is 0.538. The third-order valence-electron chi connectivity index (χ3n) is 2.80. The van der Waals surface area contributed by atoms with Crippen LogP contribution in [0.4, 0.5) is 0 Å². The Morgan fingerprint density at radius 1 is 1.31 bits per heavy atom. The van der Waals surface area contributed by atoms with Crippen LogP contribution < -0.4 is 5.32 Å². The zero-order valence-corrected chi connectivity index (χ0v) is 10.1. The Labute approximate surface area is 97.4 Å². The SMILES string of the molecule is CCC(O)(CNCCOC)c1ccccc1. The van der Waals surface area contributed by atoms with Crippen molar-refractivity contribution in [3.63, 3.8) is 0 Å². The van der Waals surface area contributed by atoms with E-state index in [2.05, 4.69) is 5.32 Å². The van der Waals surface area contributed by atoms with Crippen molar-refractivity contribution in [3.05, 3.63) is 35.9 Å². The van der Waals surface area contributed by atoms with Crippen molar-refractivity contribution >= 4 is 0 Å². The lowest BCUT2D eigenvalue weighted by Gasteiger charge is -2.27. The third-order valence-corrected chi connectivity index (χ3v) is 2.80. The molecule has 0 spiro atoms. The van der Waals surface area contributed by atoms with Gasteiger partial charge in [-0.3, -0.25) is 0 Å². The van der Waals surface area contributed by atoms with Crippen molar-refractivity contribution in [3.8, 4) is 0 Å². The summed E-state index contributed by atoms with van der Waals surface area (Å²) in [6.07, 6.45) is 0.691. The Bertz CT molecular complexity index is 289. The molecule has 0 amide bonds. The van der Waals surface area contributed by atoms with Crippen molar-refractivity contribution in [1.29, 1.82) is 0 Å². The fourth-order valence-electron chi connectivity index (χ4n) is 1.65. The average molecular weight is 223 g/mol. The van der Waals surface area contributed by atoms with Crippen LogP contribution in [0.1, 0.15) is 18.9 Å². The van der Waals surface area contributed by atoms with Crippen molar-refractivity contribution < 1.29 is 9.84 Å². The van der Waals surface area contributed by atoms with E-state index in [1.165, 1.54) is 0 Å². The van der Waals surface area contributed by atoms with Crippen LogP contribution in [0, 0.1) is 0 Å². The highest BCUT2D eigenvalue weighted by Crippen LogP contribution is 2.23.